The zero-order valence-corrected chi connectivity index (χ0v) is 13.0. The van der Waals surface area contributed by atoms with E-state index in [0.717, 1.165) is 6.07 Å². The van der Waals surface area contributed by atoms with Gasteiger partial charge in [-0.05, 0) is 30.3 Å². The van der Waals surface area contributed by atoms with Crippen molar-refractivity contribution in [3.63, 3.8) is 0 Å². The normalized spacial score (nSPS) is 10.4. The largest absolute Gasteiger partial charge is 0.433 e. The predicted octanol–water partition coefficient (Wildman–Crippen LogP) is 1.61. The molecule has 1 amide bonds. The number of furan rings is 1. The number of anilines is 1. The number of aromatic nitrogens is 3. The number of hydrogen-bond donors (Lipinski definition) is 2. The smallest absolute Gasteiger partial charge is 0.395 e. The van der Waals surface area contributed by atoms with Crippen molar-refractivity contribution in [3.05, 3.63) is 64.7 Å². The first-order chi connectivity index (χ1) is 12.1. The Balaban J connectivity index is 1.45. The molecule has 3 aromatic rings. The van der Waals surface area contributed by atoms with Gasteiger partial charge in [0.2, 0.25) is 0 Å². The van der Waals surface area contributed by atoms with E-state index in [1.165, 1.54) is 6.07 Å². The Bertz CT molecular complexity index is 857. The highest BCUT2D eigenvalue weighted by Crippen LogP contribution is 2.15. The average Bonchev–Trinajstić information content (AvgIpc) is 3.30. The minimum absolute atomic E-state index is 0.109. The molecule has 25 heavy (non-hydrogen) atoms. The van der Waals surface area contributed by atoms with Gasteiger partial charge in [-0.25, -0.2) is 0 Å². The Kier molecular flexibility index (Phi) is 4.69. The highest BCUT2D eigenvalue weighted by atomic mass is 16.6. The third-order valence-electron chi connectivity index (χ3n) is 3.23. The molecule has 0 aliphatic carbocycles. The second-order valence-corrected chi connectivity index (χ2v) is 4.94. The van der Waals surface area contributed by atoms with E-state index < -0.39 is 16.7 Å². The standard InChI is InChI=1S/C15H14N6O4/c22-15(11-3-6-14(25-11)21(23)24)17-8-7-16-12-4-5-13(19-18-12)20-9-1-2-10-20/h1-6,9-10H,7-8H2,(H,16,18)(H,17,22). The van der Waals surface area contributed by atoms with Crippen molar-refractivity contribution in [2.24, 2.45) is 0 Å². The van der Waals surface area contributed by atoms with E-state index >= 15 is 0 Å². The van der Waals surface area contributed by atoms with Crippen LogP contribution < -0.4 is 10.6 Å². The number of nitrogens with one attached hydrogen (secondary N) is 2. The molecular formula is C15H14N6O4. The highest BCUT2D eigenvalue weighted by molar-refractivity contribution is 5.91. The SMILES string of the molecule is O=C(NCCNc1ccc(-n2cccc2)nn1)c1ccc([N+](=O)[O-])o1. The Labute approximate surface area is 141 Å². The Morgan fingerprint density at radius 3 is 2.60 bits per heavy atom. The molecule has 128 valence electrons. The molecule has 0 radical (unpaired) electrons. The Hall–Kier alpha value is -3.69. The number of rotatable bonds is 7. The molecule has 3 heterocycles. The quantitative estimate of drug-likeness (QED) is 0.379. The number of amides is 1. The number of hydrogen-bond acceptors (Lipinski definition) is 7. The fourth-order valence-electron chi connectivity index (χ4n) is 2.05. The van der Waals surface area contributed by atoms with Crippen LogP contribution in [-0.4, -0.2) is 38.7 Å². The summed E-state index contributed by atoms with van der Waals surface area (Å²) in [6.45, 7) is 0.695. The first-order valence-corrected chi connectivity index (χ1v) is 7.37. The van der Waals surface area contributed by atoms with E-state index in [9.17, 15) is 14.9 Å². The number of nitro groups is 1. The van der Waals surface area contributed by atoms with Gasteiger partial charge in [0.15, 0.2) is 11.6 Å². The van der Waals surface area contributed by atoms with Crippen LogP contribution in [0.4, 0.5) is 11.7 Å². The van der Waals surface area contributed by atoms with Gasteiger partial charge in [0.25, 0.3) is 5.91 Å². The highest BCUT2D eigenvalue weighted by Gasteiger charge is 2.16. The molecule has 0 atom stereocenters. The van der Waals surface area contributed by atoms with Crippen molar-refractivity contribution >= 4 is 17.6 Å². The van der Waals surface area contributed by atoms with Crippen molar-refractivity contribution < 1.29 is 14.1 Å². The summed E-state index contributed by atoms with van der Waals surface area (Å²) < 4.78 is 6.65. The van der Waals surface area contributed by atoms with Crippen LogP contribution in [0.25, 0.3) is 5.82 Å². The predicted molar refractivity (Wildman–Crippen MR) is 87.5 cm³/mol. The van der Waals surface area contributed by atoms with Crippen LogP contribution in [0.15, 0.2) is 53.2 Å². The maximum atomic E-state index is 11.8. The summed E-state index contributed by atoms with van der Waals surface area (Å²) in [7, 11) is 0. The molecule has 0 aliphatic heterocycles. The van der Waals surface area contributed by atoms with Gasteiger partial charge in [0.1, 0.15) is 10.7 Å². The topological polar surface area (TPSA) is 128 Å². The first-order valence-electron chi connectivity index (χ1n) is 7.37. The van der Waals surface area contributed by atoms with Crippen LogP contribution in [0, 0.1) is 10.1 Å². The molecule has 0 saturated heterocycles. The molecule has 3 rings (SSSR count). The van der Waals surface area contributed by atoms with Crippen LogP contribution in [0.1, 0.15) is 10.6 Å². The molecule has 0 fully saturated rings. The Morgan fingerprint density at radius 1 is 1.16 bits per heavy atom. The summed E-state index contributed by atoms with van der Waals surface area (Å²) in [6.07, 6.45) is 3.73. The van der Waals surface area contributed by atoms with E-state index in [4.69, 9.17) is 4.42 Å². The fourth-order valence-corrected chi connectivity index (χ4v) is 2.05. The van der Waals surface area contributed by atoms with Gasteiger partial charge in [0.05, 0.1) is 6.07 Å². The zero-order valence-electron chi connectivity index (χ0n) is 13.0. The van der Waals surface area contributed by atoms with Gasteiger partial charge >= 0.3 is 5.88 Å². The second-order valence-electron chi connectivity index (χ2n) is 4.94. The molecule has 10 nitrogen and oxygen atoms in total. The molecule has 3 aromatic heterocycles. The van der Waals surface area contributed by atoms with E-state index in [2.05, 4.69) is 20.8 Å². The maximum absolute atomic E-state index is 11.8. The number of nitrogens with zero attached hydrogens (tertiary/aromatic N) is 4. The third-order valence-corrected chi connectivity index (χ3v) is 3.23. The second kappa shape index (κ2) is 7.25. The molecular weight excluding hydrogens is 328 g/mol. The van der Waals surface area contributed by atoms with Gasteiger partial charge < -0.3 is 19.6 Å². The van der Waals surface area contributed by atoms with Gasteiger partial charge in [0, 0.05) is 25.5 Å². The zero-order chi connectivity index (χ0) is 17.6. The minimum atomic E-state index is -0.700. The van der Waals surface area contributed by atoms with Crippen molar-refractivity contribution in [1.29, 1.82) is 0 Å². The lowest BCUT2D eigenvalue weighted by atomic mass is 10.4. The van der Waals surface area contributed by atoms with E-state index in [1.807, 2.05) is 35.2 Å². The van der Waals surface area contributed by atoms with Gasteiger partial charge in [-0.2, -0.15) is 0 Å². The molecule has 2 N–H and O–H groups in total. The lowest BCUT2D eigenvalue weighted by Gasteiger charge is -2.07. The molecule has 0 unspecified atom stereocenters. The van der Waals surface area contributed by atoms with Crippen molar-refractivity contribution in [3.8, 4) is 5.82 Å². The monoisotopic (exact) mass is 342 g/mol. The van der Waals surface area contributed by atoms with Crippen LogP contribution in [0.2, 0.25) is 0 Å². The van der Waals surface area contributed by atoms with Crippen LogP contribution in [0.5, 0.6) is 0 Å². The van der Waals surface area contributed by atoms with Gasteiger partial charge in [-0.15, -0.1) is 10.2 Å². The van der Waals surface area contributed by atoms with Crippen LogP contribution in [0.3, 0.4) is 0 Å². The lowest BCUT2D eigenvalue weighted by Crippen LogP contribution is -2.28. The van der Waals surface area contributed by atoms with Crippen LogP contribution >= 0.6 is 0 Å². The summed E-state index contributed by atoms with van der Waals surface area (Å²) >= 11 is 0. The van der Waals surface area contributed by atoms with E-state index in [-0.39, 0.29) is 12.3 Å². The number of carbonyl (C=O) groups is 1. The van der Waals surface area contributed by atoms with Crippen molar-refractivity contribution in [2.75, 3.05) is 18.4 Å². The Morgan fingerprint density at radius 2 is 1.96 bits per heavy atom. The van der Waals surface area contributed by atoms with Gasteiger partial charge in [-0.1, -0.05) is 0 Å². The fraction of sp³-hybridized carbons (Fsp3) is 0.133. The van der Waals surface area contributed by atoms with Crippen LogP contribution in [-0.2, 0) is 0 Å². The summed E-state index contributed by atoms with van der Waals surface area (Å²) in [4.78, 5) is 21.6. The summed E-state index contributed by atoms with van der Waals surface area (Å²) in [5.41, 5.74) is 0. The molecule has 0 aromatic carbocycles. The molecule has 10 heteroatoms. The van der Waals surface area contributed by atoms with E-state index in [1.54, 1.807) is 6.07 Å². The van der Waals surface area contributed by atoms with Gasteiger partial charge in [-0.3, -0.25) is 14.9 Å². The first kappa shape index (κ1) is 16.2. The lowest BCUT2D eigenvalue weighted by molar-refractivity contribution is -0.402. The summed E-state index contributed by atoms with van der Waals surface area (Å²) in [5.74, 6) is 0.162. The maximum Gasteiger partial charge on any atom is 0.433 e. The van der Waals surface area contributed by atoms with Crippen molar-refractivity contribution in [1.82, 2.24) is 20.1 Å². The van der Waals surface area contributed by atoms with E-state index in [0.29, 0.717) is 18.2 Å². The minimum Gasteiger partial charge on any atom is -0.395 e. The molecule has 0 bridgehead atoms. The summed E-state index contributed by atoms with van der Waals surface area (Å²) in [5, 5.41) is 24.2. The van der Waals surface area contributed by atoms with Crippen molar-refractivity contribution in [2.45, 2.75) is 0 Å². The number of carbonyl (C=O) groups excluding carboxylic acids is 1. The third kappa shape index (κ3) is 3.99. The summed E-state index contributed by atoms with van der Waals surface area (Å²) in [6, 6.07) is 9.77. The average molecular weight is 342 g/mol. The molecule has 0 spiro atoms. The molecule has 0 aliphatic rings. The molecule has 0 saturated carbocycles.